The predicted octanol–water partition coefficient (Wildman–Crippen LogP) is 10.5. The van der Waals surface area contributed by atoms with Crippen molar-refractivity contribution in [3.05, 3.63) is 251 Å². The van der Waals surface area contributed by atoms with Crippen molar-refractivity contribution < 1.29 is 56.9 Å². The van der Waals surface area contributed by atoms with Crippen LogP contribution in [0.25, 0.3) is 0 Å². The molecule has 7 aromatic rings. The highest BCUT2D eigenvalue weighted by molar-refractivity contribution is 5.68. The second kappa shape index (κ2) is 29.1. The van der Waals surface area contributed by atoms with Crippen LogP contribution in [0.2, 0.25) is 0 Å². The van der Waals surface area contributed by atoms with Gasteiger partial charge in [-0.1, -0.05) is 212 Å². The minimum absolute atomic E-state index is 0.0873. The van der Waals surface area contributed by atoms with Gasteiger partial charge in [0.1, 0.15) is 42.7 Å². The van der Waals surface area contributed by atoms with Gasteiger partial charge in [-0.25, -0.2) is 4.79 Å². The number of methoxy groups -OCH3 is 1. The molecule has 0 aromatic heterocycles. The lowest BCUT2D eigenvalue weighted by molar-refractivity contribution is -0.313. The zero-order valence-electron chi connectivity index (χ0n) is 42.7. The number of benzene rings is 7. The Morgan fingerprint density at radius 2 is 0.658 bits per heavy atom. The van der Waals surface area contributed by atoms with Gasteiger partial charge in [-0.15, -0.1) is 0 Å². The van der Waals surface area contributed by atoms with Crippen LogP contribution in [0, 0.1) is 0 Å². The molecule has 0 unspecified atom stereocenters. The van der Waals surface area contributed by atoms with Gasteiger partial charge in [-0.2, -0.15) is 0 Å². The lowest BCUT2D eigenvalue weighted by atomic mass is 9.96. The molecule has 396 valence electrons. The molecular formula is C63H67NO12. The summed E-state index contributed by atoms with van der Waals surface area (Å²) in [6, 6.07) is 69.0. The van der Waals surface area contributed by atoms with E-state index in [0.717, 1.165) is 38.9 Å². The Hall–Kier alpha value is -6.59. The van der Waals surface area contributed by atoms with Crippen molar-refractivity contribution in [2.75, 3.05) is 20.3 Å². The molecule has 1 amide bonds. The van der Waals surface area contributed by atoms with Crippen LogP contribution in [0.3, 0.4) is 0 Å². The van der Waals surface area contributed by atoms with E-state index >= 15 is 0 Å². The number of amides is 1. The van der Waals surface area contributed by atoms with Crippen LogP contribution in [0.5, 0.6) is 0 Å². The first-order valence-electron chi connectivity index (χ1n) is 25.9. The van der Waals surface area contributed by atoms with Gasteiger partial charge < -0.3 is 52.1 Å². The molecule has 9 rings (SSSR count). The molecule has 1 N–H and O–H groups in total. The number of rotatable bonds is 26. The second-order valence-corrected chi connectivity index (χ2v) is 18.7. The molecule has 13 nitrogen and oxygen atoms in total. The number of carbonyl (C=O) groups excluding carboxylic acids is 1. The maximum atomic E-state index is 15.0. The Bertz CT molecular complexity index is 2700. The van der Waals surface area contributed by atoms with Crippen molar-refractivity contribution >= 4 is 6.09 Å². The van der Waals surface area contributed by atoms with Gasteiger partial charge in [0.25, 0.3) is 0 Å². The van der Waals surface area contributed by atoms with Gasteiger partial charge in [0.15, 0.2) is 18.6 Å². The van der Waals surface area contributed by atoms with E-state index in [2.05, 4.69) is 5.32 Å². The third-order valence-electron chi connectivity index (χ3n) is 13.2. The molecule has 7 aromatic carbocycles. The summed E-state index contributed by atoms with van der Waals surface area (Å²) < 4.78 is 73.1. The zero-order valence-corrected chi connectivity index (χ0v) is 42.7. The molecule has 2 fully saturated rings. The highest BCUT2D eigenvalue weighted by Crippen LogP contribution is 2.33. The molecule has 76 heavy (non-hydrogen) atoms. The number of ether oxygens (including phenoxy) is 11. The Labute approximate surface area is 445 Å². The molecular weight excluding hydrogens is 963 g/mol. The van der Waals surface area contributed by atoms with Gasteiger partial charge in [0.2, 0.25) is 0 Å². The van der Waals surface area contributed by atoms with Gasteiger partial charge in [0, 0.05) is 7.11 Å². The largest absolute Gasteiger partial charge is 0.438 e. The summed E-state index contributed by atoms with van der Waals surface area (Å²) in [4.78, 5) is 15.0. The van der Waals surface area contributed by atoms with E-state index in [1.54, 1.807) is 0 Å². The monoisotopic (exact) mass is 1030 g/mol. The lowest BCUT2D eigenvalue weighted by Gasteiger charge is -2.47. The fraction of sp³-hybridized carbons (Fsp3) is 0.317. The maximum Gasteiger partial charge on any atom is 0.409 e. The number of nitrogens with one attached hydrogen (secondary N) is 1. The molecule has 2 aliphatic heterocycles. The predicted molar refractivity (Wildman–Crippen MR) is 285 cm³/mol. The van der Waals surface area contributed by atoms with Crippen molar-refractivity contribution in [3.8, 4) is 0 Å². The average Bonchev–Trinajstić information content (AvgIpc) is 3.48. The van der Waals surface area contributed by atoms with Crippen LogP contribution in [0.4, 0.5) is 4.79 Å². The Balaban J connectivity index is 1.03. The highest BCUT2D eigenvalue weighted by atomic mass is 16.7. The van der Waals surface area contributed by atoms with E-state index in [4.69, 9.17) is 52.1 Å². The number of alkyl carbamates (subject to hydrolysis) is 1. The zero-order chi connectivity index (χ0) is 52.0. The molecule has 0 spiro atoms. The summed E-state index contributed by atoms with van der Waals surface area (Å²) in [7, 11) is 1.50. The van der Waals surface area contributed by atoms with Crippen LogP contribution >= 0.6 is 0 Å². The molecule has 2 heterocycles. The van der Waals surface area contributed by atoms with Crippen LogP contribution in [-0.4, -0.2) is 87.8 Å². The summed E-state index contributed by atoms with van der Waals surface area (Å²) in [6.07, 6.45) is -9.97. The van der Waals surface area contributed by atoms with Crippen LogP contribution in [0.15, 0.2) is 212 Å². The summed E-state index contributed by atoms with van der Waals surface area (Å²) in [5, 5.41) is 3.06. The molecule has 2 aliphatic rings. The fourth-order valence-electron chi connectivity index (χ4n) is 9.30. The van der Waals surface area contributed by atoms with Crippen LogP contribution in [-0.2, 0) is 98.4 Å². The molecule has 13 heteroatoms. The Kier molecular flexibility index (Phi) is 20.7. The third-order valence-corrected chi connectivity index (χ3v) is 13.2. The number of hydrogen-bond donors (Lipinski definition) is 1. The minimum atomic E-state index is -1.16. The quantitative estimate of drug-likeness (QED) is 0.0554. The van der Waals surface area contributed by atoms with Crippen molar-refractivity contribution in [2.24, 2.45) is 0 Å². The summed E-state index contributed by atoms with van der Waals surface area (Å²) in [5.74, 6) is 0. The van der Waals surface area contributed by atoms with E-state index in [9.17, 15) is 4.79 Å². The molecule has 2 saturated heterocycles. The van der Waals surface area contributed by atoms with Crippen molar-refractivity contribution in [3.63, 3.8) is 0 Å². The molecule has 0 saturated carbocycles. The van der Waals surface area contributed by atoms with Crippen molar-refractivity contribution in [1.82, 2.24) is 5.32 Å². The fourth-order valence-corrected chi connectivity index (χ4v) is 9.30. The van der Waals surface area contributed by atoms with E-state index in [1.807, 2.05) is 212 Å². The Morgan fingerprint density at radius 3 is 1.00 bits per heavy atom. The van der Waals surface area contributed by atoms with Crippen LogP contribution in [0.1, 0.15) is 38.9 Å². The topological polar surface area (TPSA) is 131 Å². The SMILES string of the molecule is CO[C@@H]1O[C@H](COCc2ccccc2)[C@@H](OCc2ccccc2)[C@H](OCc2ccccc2)[C@H]1OC(=O)N[C@@H]1O[C@H](COCc2ccccc2)[C@@H](OCc2ccccc2)[C@H](OCc2ccccc2)[C@H]1OCc1ccccc1. The first-order chi connectivity index (χ1) is 37.6. The normalized spacial score (nSPS) is 23.4. The molecule has 0 radical (unpaired) electrons. The van der Waals surface area contributed by atoms with Gasteiger partial charge >= 0.3 is 6.09 Å². The Morgan fingerprint density at radius 1 is 0.368 bits per heavy atom. The van der Waals surface area contributed by atoms with E-state index in [0.29, 0.717) is 13.2 Å². The maximum absolute atomic E-state index is 15.0. The van der Waals surface area contributed by atoms with Crippen molar-refractivity contribution in [2.45, 2.75) is 108 Å². The first-order valence-corrected chi connectivity index (χ1v) is 25.9. The standard InChI is InChI=1S/C63H67NO12/c1-66-62-60(58(72-42-51-33-19-7-20-34-51)56(70-40-49-29-15-5-16-30-49)54(75-62)45-68-38-47-25-11-3-12-26-47)76-63(65)64-61-59(73-43-52-35-21-8-22-36-52)57(71-41-50-31-17-6-18-32-50)55(69-39-48-27-13-4-14-28-48)53(74-61)44-67-37-46-23-9-2-10-24-46/h2-36,53-62H,37-45H2,1H3,(H,64,65)/t53-,54-,55-,56-,57+,58+,59-,60-,61-,62-/m1/s1. The lowest BCUT2D eigenvalue weighted by Crippen LogP contribution is -2.66. The number of hydrogen-bond acceptors (Lipinski definition) is 12. The molecule has 0 bridgehead atoms. The second-order valence-electron chi connectivity index (χ2n) is 18.7. The third kappa shape index (κ3) is 16.0. The molecule has 0 aliphatic carbocycles. The summed E-state index contributed by atoms with van der Waals surface area (Å²) in [6.45, 7) is 1.87. The smallest absolute Gasteiger partial charge is 0.409 e. The van der Waals surface area contributed by atoms with Gasteiger partial charge in [-0.05, 0) is 38.9 Å². The van der Waals surface area contributed by atoms with E-state index in [-0.39, 0.29) is 46.2 Å². The summed E-state index contributed by atoms with van der Waals surface area (Å²) in [5.41, 5.74) is 6.64. The summed E-state index contributed by atoms with van der Waals surface area (Å²) >= 11 is 0. The highest BCUT2D eigenvalue weighted by Gasteiger charge is 2.52. The van der Waals surface area contributed by atoms with E-state index in [1.165, 1.54) is 7.11 Å². The van der Waals surface area contributed by atoms with Crippen molar-refractivity contribution in [1.29, 1.82) is 0 Å². The van der Waals surface area contributed by atoms with Gasteiger partial charge in [0.05, 0.1) is 59.5 Å². The molecule has 10 atom stereocenters. The van der Waals surface area contributed by atoms with Crippen LogP contribution < -0.4 is 5.32 Å². The first kappa shape index (κ1) is 54.2. The average molecular weight is 1030 g/mol. The van der Waals surface area contributed by atoms with Gasteiger partial charge in [-0.3, -0.25) is 5.32 Å². The van der Waals surface area contributed by atoms with E-state index < -0.39 is 67.4 Å². The number of carbonyl (C=O) groups is 1. The minimum Gasteiger partial charge on any atom is -0.438 e.